The Morgan fingerprint density at radius 1 is 1.20 bits per heavy atom. The van der Waals surface area contributed by atoms with Crippen molar-refractivity contribution in [3.8, 4) is 0 Å². The van der Waals surface area contributed by atoms with Gasteiger partial charge in [-0.3, -0.25) is 0 Å². The lowest BCUT2D eigenvalue weighted by molar-refractivity contribution is 0.0602. The molecule has 20 heavy (non-hydrogen) atoms. The molecule has 3 N–H and O–H groups in total. The standard InChI is InChI=1S/C14H12F2N2O2/c1-20-14(19)11-3-2-4-12(17)13(11)18-10-6-8(15)5-9(16)7-10/h2-7,18H,17H2,1H3. The predicted molar refractivity (Wildman–Crippen MR) is 71.8 cm³/mol. The molecule has 0 radical (unpaired) electrons. The van der Waals surface area contributed by atoms with Crippen molar-refractivity contribution in [2.45, 2.75) is 0 Å². The Hall–Kier alpha value is -2.63. The molecule has 104 valence electrons. The molecule has 0 unspecified atom stereocenters. The maximum absolute atomic E-state index is 13.2. The average Bonchev–Trinajstić information content (AvgIpc) is 2.39. The predicted octanol–water partition coefficient (Wildman–Crippen LogP) is 3.08. The van der Waals surface area contributed by atoms with Gasteiger partial charge in [-0.05, 0) is 24.3 Å². The highest BCUT2D eigenvalue weighted by Crippen LogP contribution is 2.28. The summed E-state index contributed by atoms with van der Waals surface area (Å²) in [7, 11) is 1.23. The summed E-state index contributed by atoms with van der Waals surface area (Å²) in [4.78, 5) is 11.6. The number of methoxy groups -OCH3 is 1. The number of nitrogen functional groups attached to an aromatic ring is 1. The highest BCUT2D eigenvalue weighted by Gasteiger charge is 2.14. The molecule has 0 bridgehead atoms. The third-order valence-corrected chi connectivity index (χ3v) is 2.63. The molecule has 2 aromatic carbocycles. The molecule has 0 spiro atoms. The number of para-hydroxylation sites is 1. The van der Waals surface area contributed by atoms with E-state index in [1.54, 1.807) is 12.1 Å². The van der Waals surface area contributed by atoms with E-state index in [2.05, 4.69) is 10.1 Å². The van der Waals surface area contributed by atoms with Gasteiger partial charge in [-0.1, -0.05) is 6.07 Å². The third kappa shape index (κ3) is 2.85. The number of carbonyl (C=O) groups is 1. The monoisotopic (exact) mass is 278 g/mol. The maximum atomic E-state index is 13.2. The Morgan fingerprint density at radius 3 is 2.45 bits per heavy atom. The zero-order valence-electron chi connectivity index (χ0n) is 10.6. The van der Waals surface area contributed by atoms with Crippen LogP contribution in [0.3, 0.4) is 0 Å². The Morgan fingerprint density at radius 2 is 1.85 bits per heavy atom. The van der Waals surface area contributed by atoms with E-state index in [4.69, 9.17) is 5.73 Å². The van der Waals surface area contributed by atoms with E-state index in [1.165, 1.54) is 13.2 Å². The van der Waals surface area contributed by atoms with E-state index in [0.29, 0.717) is 0 Å². The molecule has 0 aliphatic rings. The molecular formula is C14H12F2N2O2. The molecule has 0 aliphatic carbocycles. The Bertz CT molecular complexity index is 639. The fraction of sp³-hybridized carbons (Fsp3) is 0.0714. The van der Waals surface area contributed by atoms with Gasteiger partial charge in [-0.25, -0.2) is 13.6 Å². The van der Waals surface area contributed by atoms with Crippen molar-refractivity contribution in [3.63, 3.8) is 0 Å². The number of hydrogen-bond donors (Lipinski definition) is 2. The van der Waals surface area contributed by atoms with E-state index >= 15 is 0 Å². The second kappa shape index (κ2) is 5.56. The molecule has 0 atom stereocenters. The molecule has 2 aromatic rings. The molecule has 6 heteroatoms. The molecule has 0 saturated heterocycles. The average molecular weight is 278 g/mol. The maximum Gasteiger partial charge on any atom is 0.340 e. The van der Waals surface area contributed by atoms with Gasteiger partial charge >= 0.3 is 5.97 Å². The van der Waals surface area contributed by atoms with Gasteiger partial charge in [0.2, 0.25) is 0 Å². The van der Waals surface area contributed by atoms with E-state index in [-0.39, 0.29) is 22.6 Å². The van der Waals surface area contributed by atoms with Crippen molar-refractivity contribution in [1.82, 2.24) is 0 Å². The van der Waals surface area contributed by atoms with Crippen LogP contribution in [-0.2, 0) is 4.74 Å². The first-order chi connectivity index (χ1) is 9.51. The van der Waals surface area contributed by atoms with Gasteiger partial charge in [0.1, 0.15) is 11.6 Å². The summed E-state index contributed by atoms with van der Waals surface area (Å²) in [5.74, 6) is -2.07. The molecule has 0 amide bonds. The molecule has 0 heterocycles. The van der Waals surface area contributed by atoms with Crippen molar-refractivity contribution in [2.75, 3.05) is 18.2 Å². The fourth-order valence-electron chi connectivity index (χ4n) is 1.76. The lowest BCUT2D eigenvalue weighted by Crippen LogP contribution is -2.08. The number of esters is 1. The number of carbonyl (C=O) groups excluding carboxylic acids is 1. The zero-order chi connectivity index (χ0) is 14.7. The minimum absolute atomic E-state index is 0.144. The van der Waals surface area contributed by atoms with Gasteiger partial charge < -0.3 is 15.8 Å². The first kappa shape index (κ1) is 13.8. The van der Waals surface area contributed by atoms with Gasteiger partial charge in [0.25, 0.3) is 0 Å². The zero-order valence-corrected chi connectivity index (χ0v) is 10.6. The van der Waals surface area contributed by atoms with Crippen LogP contribution >= 0.6 is 0 Å². The molecule has 4 nitrogen and oxygen atoms in total. The molecular weight excluding hydrogens is 266 g/mol. The third-order valence-electron chi connectivity index (χ3n) is 2.63. The van der Waals surface area contributed by atoms with Gasteiger partial charge in [0.15, 0.2) is 0 Å². The summed E-state index contributed by atoms with van der Waals surface area (Å²) in [6.45, 7) is 0. The number of nitrogens with two attached hydrogens (primary N) is 1. The topological polar surface area (TPSA) is 64.3 Å². The van der Waals surface area contributed by atoms with Crippen LogP contribution in [0.4, 0.5) is 25.8 Å². The van der Waals surface area contributed by atoms with Gasteiger partial charge in [-0.15, -0.1) is 0 Å². The van der Waals surface area contributed by atoms with Crippen LogP contribution in [-0.4, -0.2) is 13.1 Å². The Balaban J connectivity index is 2.44. The molecule has 0 aliphatic heterocycles. The lowest BCUT2D eigenvalue weighted by atomic mass is 10.1. The summed E-state index contributed by atoms with van der Waals surface area (Å²) >= 11 is 0. The van der Waals surface area contributed by atoms with Gasteiger partial charge in [0, 0.05) is 11.8 Å². The van der Waals surface area contributed by atoms with Crippen LogP contribution < -0.4 is 11.1 Å². The van der Waals surface area contributed by atoms with Crippen molar-refractivity contribution in [2.24, 2.45) is 0 Å². The molecule has 0 saturated carbocycles. The van der Waals surface area contributed by atoms with Crippen molar-refractivity contribution in [3.05, 3.63) is 53.6 Å². The van der Waals surface area contributed by atoms with Crippen molar-refractivity contribution >= 4 is 23.0 Å². The van der Waals surface area contributed by atoms with Crippen LogP contribution in [0.2, 0.25) is 0 Å². The molecule has 0 aromatic heterocycles. The summed E-state index contributed by atoms with van der Waals surface area (Å²) in [5.41, 5.74) is 6.60. The van der Waals surface area contributed by atoms with Crippen LogP contribution in [0.25, 0.3) is 0 Å². The van der Waals surface area contributed by atoms with Gasteiger partial charge in [-0.2, -0.15) is 0 Å². The quantitative estimate of drug-likeness (QED) is 0.669. The number of benzene rings is 2. The first-order valence-corrected chi connectivity index (χ1v) is 5.71. The van der Waals surface area contributed by atoms with E-state index in [0.717, 1.165) is 18.2 Å². The van der Waals surface area contributed by atoms with Crippen LogP contribution in [0, 0.1) is 11.6 Å². The smallest absolute Gasteiger partial charge is 0.340 e. The van der Waals surface area contributed by atoms with Crippen LogP contribution in [0.5, 0.6) is 0 Å². The minimum atomic E-state index is -0.735. The normalized spacial score (nSPS) is 10.2. The lowest BCUT2D eigenvalue weighted by Gasteiger charge is -2.13. The fourth-order valence-corrected chi connectivity index (χ4v) is 1.76. The number of anilines is 3. The Labute approximate surface area is 114 Å². The molecule has 2 rings (SSSR count). The number of halogens is 2. The second-order valence-corrected chi connectivity index (χ2v) is 4.04. The van der Waals surface area contributed by atoms with E-state index in [1.807, 2.05) is 0 Å². The largest absolute Gasteiger partial charge is 0.465 e. The van der Waals surface area contributed by atoms with Crippen LogP contribution in [0.1, 0.15) is 10.4 Å². The highest BCUT2D eigenvalue weighted by molar-refractivity contribution is 5.99. The number of hydrogen-bond acceptors (Lipinski definition) is 4. The summed E-state index contributed by atoms with van der Waals surface area (Å²) < 4.78 is 30.9. The number of rotatable bonds is 3. The number of ether oxygens (including phenoxy) is 1. The first-order valence-electron chi connectivity index (χ1n) is 5.71. The second-order valence-electron chi connectivity index (χ2n) is 4.04. The van der Waals surface area contributed by atoms with Crippen LogP contribution in [0.15, 0.2) is 36.4 Å². The van der Waals surface area contributed by atoms with Gasteiger partial charge in [0.05, 0.1) is 24.0 Å². The summed E-state index contributed by atoms with van der Waals surface area (Å²) in [6.07, 6.45) is 0. The van der Waals surface area contributed by atoms with Crippen molar-refractivity contribution in [1.29, 1.82) is 0 Å². The summed E-state index contributed by atoms with van der Waals surface area (Å²) in [5, 5.41) is 2.73. The Kier molecular flexibility index (Phi) is 3.84. The van der Waals surface area contributed by atoms with E-state index < -0.39 is 17.6 Å². The minimum Gasteiger partial charge on any atom is -0.465 e. The molecule has 0 fully saturated rings. The SMILES string of the molecule is COC(=O)c1cccc(N)c1Nc1cc(F)cc(F)c1. The van der Waals surface area contributed by atoms with Crippen molar-refractivity contribution < 1.29 is 18.3 Å². The van der Waals surface area contributed by atoms with E-state index in [9.17, 15) is 13.6 Å². The highest BCUT2D eigenvalue weighted by atomic mass is 19.1. The number of nitrogens with one attached hydrogen (secondary N) is 1. The summed E-state index contributed by atoms with van der Waals surface area (Å²) in [6, 6.07) is 7.58.